The maximum atomic E-state index is 13.0. The van der Waals surface area contributed by atoms with Crippen molar-refractivity contribution in [2.45, 2.75) is 211 Å². The topological polar surface area (TPSA) is 240 Å². The fraction of sp³-hybridized carbons (Fsp3) is 0.956. The van der Waals surface area contributed by atoms with Crippen LogP contribution in [0.1, 0.15) is 120 Å². The van der Waals surface area contributed by atoms with E-state index in [1.165, 1.54) is 13.8 Å². The molecule has 3 saturated heterocycles. The smallest absolute Gasteiger partial charge is 0.303 e. The molecule has 2 spiro atoms. The van der Waals surface area contributed by atoms with Gasteiger partial charge in [0.25, 0.3) is 0 Å². The Balaban J connectivity index is 1.17. The number of rotatable bonds is 9. The molecular formula is C45H72O16. The molecule has 5 saturated carbocycles. The van der Waals surface area contributed by atoms with Gasteiger partial charge in [-0.05, 0) is 117 Å². The highest BCUT2D eigenvalue weighted by atomic mass is 16.7. The summed E-state index contributed by atoms with van der Waals surface area (Å²) in [5.41, 5.74) is -3.42. The summed E-state index contributed by atoms with van der Waals surface area (Å²) in [5.74, 6) is -1.10. The first-order chi connectivity index (χ1) is 28.3. The lowest BCUT2D eigenvalue weighted by Crippen LogP contribution is -2.65. The fourth-order valence-corrected chi connectivity index (χ4v) is 15.6. The van der Waals surface area contributed by atoms with Crippen LogP contribution in [0.2, 0.25) is 0 Å². The van der Waals surface area contributed by atoms with Crippen LogP contribution in [-0.2, 0) is 42.7 Å². The van der Waals surface area contributed by atoms with Crippen molar-refractivity contribution in [1.82, 2.24) is 0 Å². The van der Waals surface area contributed by atoms with Crippen molar-refractivity contribution in [3.05, 3.63) is 0 Å². The van der Waals surface area contributed by atoms with Gasteiger partial charge in [-0.1, -0.05) is 27.7 Å². The van der Waals surface area contributed by atoms with E-state index in [-0.39, 0.29) is 53.2 Å². The van der Waals surface area contributed by atoms with E-state index in [1.54, 1.807) is 0 Å². The van der Waals surface area contributed by atoms with E-state index in [1.807, 2.05) is 13.8 Å². The van der Waals surface area contributed by atoms with Crippen LogP contribution < -0.4 is 0 Å². The van der Waals surface area contributed by atoms with Gasteiger partial charge in [0.1, 0.15) is 54.4 Å². The van der Waals surface area contributed by atoms with Crippen LogP contribution in [0.4, 0.5) is 0 Å². The van der Waals surface area contributed by atoms with Crippen molar-refractivity contribution in [3.8, 4) is 0 Å². The van der Waals surface area contributed by atoms with Crippen molar-refractivity contribution < 1.29 is 78.5 Å². The average Bonchev–Trinajstić information content (AvgIpc) is 3.52. The third kappa shape index (κ3) is 6.81. The number of esters is 2. The molecule has 16 heteroatoms. The van der Waals surface area contributed by atoms with E-state index in [2.05, 4.69) is 34.6 Å². The molecule has 0 bridgehead atoms. The highest BCUT2D eigenvalue weighted by Gasteiger charge is 2.85. The van der Waals surface area contributed by atoms with Crippen molar-refractivity contribution in [2.24, 2.45) is 44.8 Å². The summed E-state index contributed by atoms with van der Waals surface area (Å²) in [6, 6.07) is 0. The Morgan fingerprint density at radius 2 is 1.43 bits per heavy atom. The molecule has 8 aliphatic rings. The minimum absolute atomic E-state index is 0.0413. The number of aliphatic hydroxyl groups excluding tert-OH is 7. The molecule has 0 radical (unpaired) electrons. The Morgan fingerprint density at radius 3 is 2.08 bits per heavy atom. The minimum atomic E-state index is -1.63. The van der Waals surface area contributed by atoms with Crippen LogP contribution in [0, 0.1) is 44.8 Å². The summed E-state index contributed by atoms with van der Waals surface area (Å²) in [4.78, 5) is 25.1. The molecule has 61 heavy (non-hydrogen) atoms. The van der Waals surface area contributed by atoms with E-state index in [9.17, 15) is 45.3 Å². The number of fused-ring (bicyclic) bond motifs is 2. The summed E-state index contributed by atoms with van der Waals surface area (Å²) in [5, 5.41) is 74.6. The summed E-state index contributed by atoms with van der Waals surface area (Å²) >= 11 is 0. The van der Waals surface area contributed by atoms with E-state index in [0.29, 0.717) is 32.1 Å². The Bertz CT molecular complexity index is 1690. The normalized spacial score (nSPS) is 53.8. The molecule has 3 heterocycles. The van der Waals surface area contributed by atoms with Crippen LogP contribution in [-0.4, -0.2) is 152 Å². The number of carbonyl (C=O) groups excluding carboxylic acids is 2. The van der Waals surface area contributed by atoms with Gasteiger partial charge >= 0.3 is 11.9 Å². The van der Waals surface area contributed by atoms with E-state index in [0.717, 1.165) is 25.7 Å². The van der Waals surface area contributed by atoms with Gasteiger partial charge in [0.05, 0.1) is 37.1 Å². The first-order valence-corrected chi connectivity index (χ1v) is 22.6. The maximum Gasteiger partial charge on any atom is 0.303 e. The van der Waals surface area contributed by atoms with Crippen LogP contribution >= 0.6 is 0 Å². The third-order valence-corrected chi connectivity index (χ3v) is 18.3. The van der Waals surface area contributed by atoms with Crippen LogP contribution in [0.5, 0.6) is 0 Å². The maximum absolute atomic E-state index is 13.0. The van der Waals surface area contributed by atoms with Crippen LogP contribution in [0.15, 0.2) is 0 Å². The molecule has 21 atom stereocenters. The first-order valence-electron chi connectivity index (χ1n) is 22.6. The SMILES string of the molecule is CC(=O)O[C@H]1C[C@@]2(C)[C@@H]3C[C@H](O[C@@H]4O[C@H](CO)[C@@H](O)[C@H](O)[C@H]4O)[C@H]4C(C)(C)[C@@H](O[C@@H]5OC[C@@H](O)[C@H](O)[C@H]5O)CC[C@@]45C[C@@]35CC[C@]2(C)[C@H]1[C@@]1(C)CC[C@@H](C(C)(C)OC(C)=O)O1. The van der Waals surface area contributed by atoms with E-state index in [4.69, 9.17) is 33.2 Å². The van der Waals surface area contributed by atoms with Crippen molar-refractivity contribution in [1.29, 1.82) is 0 Å². The molecule has 8 fully saturated rings. The molecule has 5 aliphatic carbocycles. The Hall–Kier alpha value is -1.54. The van der Waals surface area contributed by atoms with Gasteiger partial charge in [0.15, 0.2) is 12.6 Å². The van der Waals surface area contributed by atoms with Crippen LogP contribution in [0.25, 0.3) is 0 Å². The second-order valence-corrected chi connectivity index (χ2v) is 22.2. The molecular weight excluding hydrogens is 796 g/mol. The summed E-state index contributed by atoms with van der Waals surface area (Å²) in [7, 11) is 0. The van der Waals surface area contributed by atoms with Crippen molar-refractivity contribution in [3.63, 3.8) is 0 Å². The molecule has 3 aliphatic heterocycles. The quantitative estimate of drug-likeness (QED) is 0.129. The van der Waals surface area contributed by atoms with Gasteiger partial charge in [-0.25, -0.2) is 0 Å². The lowest BCUT2D eigenvalue weighted by Gasteiger charge is -2.65. The van der Waals surface area contributed by atoms with Gasteiger partial charge in [-0.2, -0.15) is 0 Å². The minimum Gasteiger partial charge on any atom is -0.462 e. The zero-order chi connectivity index (χ0) is 44.6. The van der Waals surface area contributed by atoms with Gasteiger partial charge in [0.2, 0.25) is 0 Å². The molecule has 0 unspecified atom stereocenters. The van der Waals surface area contributed by atoms with Gasteiger partial charge in [-0.15, -0.1) is 0 Å². The second kappa shape index (κ2) is 15.3. The number of hydrogen-bond acceptors (Lipinski definition) is 16. The Kier molecular flexibility index (Phi) is 11.5. The third-order valence-electron chi connectivity index (χ3n) is 18.3. The first kappa shape index (κ1) is 46.0. The molecule has 7 N–H and O–H groups in total. The number of aliphatic hydroxyl groups is 7. The highest BCUT2D eigenvalue weighted by molar-refractivity contribution is 5.67. The lowest BCUT2D eigenvalue weighted by molar-refractivity contribution is -0.339. The molecule has 8 rings (SSSR count). The fourth-order valence-electron chi connectivity index (χ4n) is 15.6. The Labute approximate surface area is 358 Å². The predicted octanol–water partition coefficient (Wildman–Crippen LogP) is 1.87. The molecule has 348 valence electrons. The largest absolute Gasteiger partial charge is 0.462 e. The Morgan fingerprint density at radius 1 is 0.738 bits per heavy atom. The van der Waals surface area contributed by atoms with Gasteiger partial charge in [0, 0.05) is 19.8 Å². The van der Waals surface area contributed by atoms with Gasteiger partial charge < -0.3 is 68.9 Å². The van der Waals surface area contributed by atoms with Gasteiger partial charge in [-0.3, -0.25) is 9.59 Å². The molecule has 0 aromatic heterocycles. The highest BCUT2D eigenvalue weighted by Crippen LogP contribution is 2.89. The number of hydrogen-bond donors (Lipinski definition) is 7. The molecule has 0 aromatic rings. The molecule has 0 aromatic carbocycles. The van der Waals surface area contributed by atoms with E-state index >= 15 is 0 Å². The standard InChI is InChI=1S/C45H72O16/c1-21(47)56-25-17-42(8)27-16-24(57-38-34(54)32(52)31(51)26(18-46)58-38)35-39(3,4)28(59-37-33(53)30(50)23(49)19-55-37)11-13-45(35)20-44(27,45)15-14-41(42,7)36(25)43(9)12-10-29(61-43)40(5,6)60-22(2)48/h23-38,46,49-54H,10-20H2,1-9H3/t23-,24+,25+,26-,27+,28+,29+,30+,31-,32+,33-,34-,35+,36+,37+,38-,41-,42+,43-,44+,45-/m1/s1. The van der Waals surface area contributed by atoms with E-state index < -0.39 is 108 Å². The summed E-state index contributed by atoms with van der Waals surface area (Å²) in [6.45, 7) is 16.8. The summed E-state index contributed by atoms with van der Waals surface area (Å²) < 4.78 is 44.4. The molecule has 16 nitrogen and oxygen atoms in total. The van der Waals surface area contributed by atoms with Crippen LogP contribution in [0.3, 0.4) is 0 Å². The monoisotopic (exact) mass is 868 g/mol. The number of carbonyl (C=O) groups is 2. The number of ether oxygens (including phenoxy) is 7. The predicted molar refractivity (Wildman–Crippen MR) is 213 cm³/mol. The summed E-state index contributed by atoms with van der Waals surface area (Å²) in [6.07, 6.45) is -8.05. The zero-order valence-electron chi connectivity index (χ0n) is 37.3. The zero-order valence-corrected chi connectivity index (χ0v) is 37.3. The average molecular weight is 869 g/mol. The second-order valence-electron chi connectivity index (χ2n) is 22.2. The van der Waals surface area contributed by atoms with Crippen molar-refractivity contribution >= 4 is 11.9 Å². The lowest BCUT2D eigenvalue weighted by atomic mass is 9.41. The van der Waals surface area contributed by atoms with Crippen molar-refractivity contribution in [2.75, 3.05) is 13.2 Å². The molecule has 0 amide bonds.